The Balaban J connectivity index is 1.26. The number of aliphatic carboxylic acids is 1. The second kappa shape index (κ2) is 9.70. The highest BCUT2D eigenvalue weighted by Crippen LogP contribution is 2.45. The zero-order valence-corrected chi connectivity index (χ0v) is 21.7. The molecule has 11 nitrogen and oxygen atoms in total. The van der Waals surface area contributed by atoms with Crippen LogP contribution in [0.2, 0.25) is 0 Å². The lowest BCUT2D eigenvalue weighted by Gasteiger charge is -2.32. The zero-order chi connectivity index (χ0) is 28.9. The van der Waals surface area contributed by atoms with Gasteiger partial charge in [0.15, 0.2) is 5.54 Å². The van der Waals surface area contributed by atoms with Gasteiger partial charge in [0, 0.05) is 36.0 Å². The van der Waals surface area contributed by atoms with Crippen molar-refractivity contribution < 1.29 is 34.1 Å². The van der Waals surface area contributed by atoms with Gasteiger partial charge in [-0.1, -0.05) is 66.7 Å². The van der Waals surface area contributed by atoms with E-state index in [0.29, 0.717) is 10.9 Å². The van der Waals surface area contributed by atoms with Crippen LogP contribution in [0.25, 0.3) is 22.0 Å². The van der Waals surface area contributed by atoms with E-state index in [9.17, 15) is 29.4 Å². The first-order valence-corrected chi connectivity index (χ1v) is 13.0. The van der Waals surface area contributed by atoms with Gasteiger partial charge in [0.05, 0.1) is 11.6 Å². The van der Waals surface area contributed by atoms with Crippen molar-refractivity contribution in [3.05, 3.63) is 95.7 Å². The number of primary amides is 1. The number of aromatic nitrogens is 1. The van der Waals surface area contributed by atoms with Crippen LogP contribution in [0.3, 0.4) is 0 Å². The molecule has 5 N–H and O–H groups in total. The fraction of sp³-hybridized carbons (Fsp3) is 0.200. The smallest absolute Gasteiger partial charge is 0.408 e. The van der Waals surface area contributed by atoms with E-state index >= 15 is 0 Å². The molecule has 2 atom stereocenters. The van der Waals surface area contributed by atoms with Crippen molar-refractivity contribution in [3.8, 4) is 11.1 Å². The molecule has 1 aromatic heterocycles. The topological polar surface area (TPSA) is 164 Å². The summed E-state index contributed by atoms with van der Waals surface area (Å²) < 4.78 is 6.69. The lowest BCUT2D eigenvalue weighted by atomic mass is 9.86. The Labute approximate surface area is 233 Å². The molecule has 0 unspecified atom stereocenters. The van der Waals surface area contributed by atoms with E-state index in [1.54, 1.807) is 24.3 Å². The first-order chi connectivity index (χ1) is 19.7. The molecule has 0 saturated carbocycles. The van der Waals surface area contributed by atoms with Gasteiger partial charge < -0.3 is 26.0 Å². The Hall–Kier alpha value is -5.32. The van der Waals surface area contributed by atoms with Crippen LogP contribution in [0.1, 0.15) is 29.0 Å². The van der Waals surface area contributed by atoms with Gasteiger partial charge in [-0.25, -0.2) is 19.2 Å². The highest BCUT2D eigenvalue weighted by Gasteiger charge is 2.57. The van der Waals surface area contributed by atoms with Gasteiger partial charge in [-0.15, -0.1) is 0 Å². The molecule has 1 aliphatic carbocycles. The average Bonchev–Trinajstić information content (AvgIpc) is 3.63. The van der Waals surface area contributed by atoms with Crippen LogP contribution in [0, 0.1) is 0 Å². The number of para-hydroxylation sites is 1. The number of carbonyl (C=O) groups is 4. The number of nitrogens with one attached hydrogen (secondary N) is 1. The minimum Gasteiger partial charge on any atom is -0.479 e. The molecule has 0 bridgehead atoms. The van der Waals surface area contributed by atoms with E-state index in [2.05, 4.69) is 5.32 Å². The van der Waals surface area contributed by atoms with Crippen molar-refractivity contribution in [1.29, 1.82) is 0 Å². The summed E-state index contributed by atoms with van der Waals surface area (Å²) in [6, 6.07) is 20.6. The Bertz CT molecular complexity index is 1690. The summed E-state index contributed by atoms with van der Waals surface area (Å²) >= 11 is 0. The molecule has 0 radical (unpaired) electrons. The normalized spacial score (nSPS) is 19.5. The van der Waals surface area contributed by atoms with Crippen LogP contribution in [0.15, 0.2) is 79.0 Å². The van der Waals surface area contributed by atoms with Crippen LogP contribution in [-0.2, 0) is 15.1 Å². The van der Waals surface area contributed by atoms with Crippen molar-refractivity contribution in [2.75, 3.05) is 13.2 Å². The molecule has 1 fully saturated rings. The third kappa shape index (κ3) is 4.05. The highest BCUT2D eigenvalue weighted by molar-refractivity contribution is 5.98. The van der Waals surface area contributed by atoms with E-state index in [4.69, 9.17) is 10.5 Å². The molecule has 6 rings (SSSR count). The van der Waals surface area contributed by atoms with E-state index in [-0.39, 0.29) is 31.1 Å². The zero-order valence-electron chi connectivity index (χ0n) is 21.7. The molecule has 41 heavy (non-hydrogen) atoms. The number of alkyl carbamates (subject to hydrolysis) is 1. The number of amides is 3. The first-order valence-electron chi connectivity index (χ1n) is 13.0. The van der Waals surface area contributed by atoms with E-state index < -0.39 is 35.8 Å². The van der Waals surface area contributed by atoms with Gasteiger partial charge in [0.2, 0.25) is 0 Å². The fourth-order valence-corrected chi connectivity index (χ4v) is 6.32. The summed E-state index contributed by atoms with van der Waals surface area (Å²) in [5, 5.41) is 23.5. The number of nitrogens with two attached hydrogens (primary N) is 1. The molecular weight excluding hydrogens is 528 g/mol. The van der Waals surface area contributed by atoms with Crippen LogP contribution in [0.5, 0.6) is 0 Å². The van der Waals surface area contributed by atoms with Crippen LogP contribution < -0.4 is 11.1 Å². The third-order valence-corrected chi connectivity index (χ3v) is 8.05. The minimum absolute atomic E-state index is 0.0470. The lowest BCUT2D eigenvalue weighted by Crippen LogP contribution is -2.50. The van der Waals surface area contributed by atoms with Crippen LogP contribution >= 0.6 is 0 Å². The number of hydrogen-bond acceptors (Lipinski definition) is 5. The number of benzene rings is 3. The van der Waals surface area contributed by atoms with Crippen molar-refractivity contribution in [2.24, 2.45) is 5.73 Å². The minimum atomic E-state index is -2.09. The molecule has 208 valence electrons. The maximum absolute atomic E-state index is 13.0. The van der Waals surface area contributed by atoms with Crippen molar-refractivity contribution in [2.45, 2.75) is 23.9 Å². The fourth-order valence-electron chi connectivity index (χ4n) is 6.32. The Morgan fingerprint density at radius 3 is 2.15 bits per heavy atom. The predicted molar refractivity (Wildman–Crippen MR) is 148 cm³/mol. The quantitative estimate of drug-likeness (QED) is 0.288. The van der Waals surface area contributed by atoms with Gasteiger partial charge in [-0.3, -0.25) is 9.47 Å². The van der Waals surface area contributed by atoms with Gasteiger partial charge in [-0.2, -0.15) is 0 Å². The predicted octanol–water partition coefficient (Wildman–Crippen LogP) is 4.14. The van der Waals surface area contributed by atoms with E-state index in [1.807, 2.05) is 48.5 Å². The van der Waals surface area contributed by atoms with Crippen LogP contribution in [0.4, 0.5) is 14.4 Å². The second-order valence-corrected chi connectivity index (χ2v) is 10.2. The number of rotatable bonds is 5. The van der Waals surface area contributed by atoms with E-state index in [0.717, 1.165) is 31.7 Å². The number of likely N-dealkylation sites (tertiary alicyclic amines) is 1. The van der Waals surface area contributed by atoms with Crippen molar-refractivity contribution >= 4 is 35.1 Å². The van der Waals surface area contributed by atoms with Crippen molar-refractivity contribution in [3.63, 3.8) is 0 Å². The number of carboxylic acid groups (broad SMARTS) is 2. The monoisotopic (exact) mass is 554 g/mol. The molecule has 3 aromatic carbocycles. The SMILES string of the molecule is NC(=O)n1cc([C@]2(C(=O)O)C[C@H](NC(=O)OCC3c4ccccc4-c4ccccc43)CN2C(=O)O)c2ccccc21. The number of fused-ring (bicyclic) bond motifs is 4. The molecule has 2 aliphatic rings. The summed E-state index contributed by atoms with van der Waals surface area (Å²) in [5.74, 6) is -1.62. The van der Waals surface area contributed by atoms with Gasteiger partial charge >= 0.3 is 24.2 Å². The number of hydrogen-bond donors (Lipinski definition) is 4. The second-order valence-electron chi connectivity index (χ2n) is 10.2. The summed E-state index contributed by atoms with van der Waals surface area (Å²) in [6.45, 7) is -0.257. The average molecular weight is 555 g/mol. The number of nitrogens with zero attached hydrogens (tertiary/aromatic N) is 2. The Morgan fingerprint density at radius 1 is 0.927 bits per heavy atom. The Kier molecular flexibility index (Phi) is 6.14. The summed E-state index contributed by atoms with van der Waals surface area (Å²) in [5.41, 5.74) is 8.08. The maximum Gasteiger partial charge on any atom is 0.408 e. The molecule has 3 amide bonds. The molecular formula is C30H26N4O7. The standard InChI is InChI=1S/C30H26N4O7/c31-27(37)33-15-24(22-11-5-6-12-25(22)33)30(26(35)36)13-17(14-34(30)29(39)40)32-28(38)41-16-23-20-9-3-1-7-18(20)19-8-2-4-10-21(19)23/h1-12,15,17,23H,13-14,16H2,(H2,31,37)(H,32,38)(H,35,36)(H,39,40)/t17-,30-/m0/s1. The number of carbonyl (C=O) groups excluding carboxylic acids is 2. The van der Waals surface area contributed by atoms with Gasteiger partial charge in [-0.05, 0) is 28.3 Å². The highest BCUT2D eigenvalue weighted by atomic mass is 16.5. The summed E-state index contributed by atoms with van der Waals surface area (Å²) in [4.78, 5) is 51.1. The summed E-state index contributed by atoms with van der Waals surface area (Å²) in [6.07, 6.45) is -1.30. The molecule has 2 heterocycles. The van der Waals surface area contributed by atoms with E-state index in [1.165, 1.54) is 6.20 Å². The first kappa shape index (κ1) is 25.9. The lowest BCUT2D eigenvalue weighted by molar-refractivity contribution is -0.149. The summed E-state index contributed by atoms with van der Waals surface area (Å²) in [7, 11) is 0. The molecule has 0 spiro atoms. The third-order valence-electron chi connectivity index (χ3n) is 8.05. The van der Waals surface area contributed by atoms with Crippen LogP contribution in [-0.4, -0.2) is 63.1 Å². The maximum atomic E-state index is 13.0. The van der Waals surface area contributed by atoms with Gasteiger partial charge in [0.1, 0.15) is 6.61 Å². The number of carboxylic acids is 1. The molecule has 4 aromatic rings. The number of ether oxygens (including phenoxy) is 1. The molecule has 1 saturated heterocycles. The molecule has 1 aliphatic heterocycles. The van der Waals surface area contributed by atoms with Gasteiger partial charge in [0.25, 0.3) is 0 Å². The molecule has 11 heteroatoms. The Morgan fingerprint density at radius 2 is 1.54 bits per heavy atom. The van der Waals surface area contributed by atoms with Crippen molar-refractivity contribution in [1.82, 2.24) is 14.8 Å². The largest absolute Gasteiger partial charge is 0.479 e.